The van der Waals surface area contributed by atoms with Gasteiger partial charge in [0.2, 0.25) is 0 Å². The number of esters is 1. The summed E-state index contributed by atoms with van der Waals surface area (Å²) in [4.78, 5) is 27.8. The fraction of sp³-hybridized carbons (Fsp3) is 0.667. The summed E-state index contributed by atoms with van der Waals surface area (Å²) in [5.41, 5.74) is 2.10. The zero-order valence-electron chi connectivity index (χ0n) is 19.4. The summed E-state index contributed by atoms with van der Waals surface area (Å²) in [6.45, 7) is 13.9. The third-order valence-corrected chi connectivity index (χ3v) is 5.51. The summed E-state index contributed by atoms with van der Waals surface area (Å²) < 4.78 is 10.3. The maximum Gasteiger partial charge on any atom is 0.410 e. The van der Waals surface area contributed by atoms with Crippen LogP contribution in [-0.4, -0.2) is 60.8 Å². The molecule has 0 N–H and O–H groups in total. The van der Waals surface area contributed by atoms with Crippen molar-refractivity contribution in [1.82, 2.24) is 9.80 Å². The molecule has 1 aromatic rings. The van der Waals surface area contributed by atoms with Gasteiger partial charge >= 0.3 is 12.1 Å². The lowest BCUT2D eigenvalue weighted by atomic mass is 9.91. The monoisotopic (exact) mass is 418 g/mol. The molecule has 0 bridgehead atoms. The Kier molecular flexibility index (Phi) is 8.71. The van der Waals surface area contributed by atoms with Crippen molar-refractivity contribution < 1.29 is 19.1 Å². The minimum Gasteiger partial charge on any atom is -0.469 e. The molecule has 168 valence electrons. The number of methoxy groups -OCH3 is 1. The van der Waals surface area contributed by atoms with Crippen LogP contribution in [0.4, 0.5) is 4.79 Å². The highest BCUT2D eigenvalue weighted by Crippen LogP contribution is 2.29. The number of carbonyl (C=O) groups is 2. The number of hydrogen-bond acceptors (Lipinski definition) is 5. The van der Waals surface area contributed by atoms with E-state index in [2.05, 4.69) is 29.2 Å². The van der Waals surface area contributed by atoms with Crippen LogP contribution in [-0.2, 0) is 20.8 Å². The maximum atomic E-state index is 12.0. The summed E-state index contributed by atoms with van der Waals surface area (Å²) in [6, 6.07) is 8.71. The normalized spacial score (nSPS) is 18.1. The van der Waals surface area contributed by atoms with E-state index in [1.165, 1.54) is 18.2 Å². The number of carbonyl (C=O) groups excluding carboxylic acids is 2. The molecule has 3 rings (SSSR count). The molecule has 2 heterocycles. The van der Waals surface area contributed by atoms with Crippen molar-refractivity contribution >= 4 is 12.1 Å². The van der Waals surface area contributed by atoms with E-state index in [1.54, 1.807) is 4.90 Å². The van der Waals surface area contributed by atoms with Crippen LogP contribution in [0.15, 0.2) is 24.3 Å². The molecule has 2 fully saturated rings. The van der Waals surface area contributed by atoms with E-state index in [4.69, 9.17) is 9.47 Å². The quantitative estimate of drug-likeness (QED) is 0.677. The molecule has 6 heteroatoms. The second kappa shape index (κ2) is 10.8. The Balaban J connectivity index is 0.00000155. The standard InChI is InChI=1S/C22H32N2O4.C2H6/c1-22(2,3)28-21(26)24-14-19(15-24)17-7-5-16(6-8-17)13-23-11-9-18(10-12-23)20(25)27-4;1-2/h5-8,18-19H,9-15H2,1-4H3;1-2H3. The van der Waals surface area contributed by atoms with Crippen LogP contribution < -0.4 is 0 Å². The van der Waals surface area contributed by atoms with Gasteiger partial charge < -0.3 is 14.4 Å². The number of rotatable bonds is 4. The molecule has 2 aliphatic heterocycles. The molecule has 0 radical (unpaired) electrons. The van der Waals surface area contributed by atoms with E-state index in [9.17, 15) is 9.59 Å². The number of hydrogen-bond donors (Lipinski definition) is 0. The molecule has 1 amide bonds. The fourth-order valence-corrected chi connectivity index (χ4v) is 3.81. The van der Waals surface area contributed by atoms with Crippen LogP contribution in [0.2, 0.25) is 0 Å². The first-order valence-electron chi connectivity index (χ1n) is 11.1. The van der Waals surface area contributed by atoms with Crippen LogP contribution in [0.5, 0.6) is 0 Å². The molecule has 0 atom stereocenters. The van der Waals surface area contributed by atoms with E-state index in [-0.39, 0.29) is 18.0 Å². The van der Waals surface area contributed by atoms with E-state index in [0.29, 0.717) is 5.92 Å². The van der Waals surface area contributed by atoms with Gasteiger partial charge in [0.05, 0.1) is 13.0 Å². The lowest BCUT2D eigenvalue weighted by molar-refractivity contribution is -0.147. The molecule has 30 heavy (non-hydrogen) atoms. The van der Waals surface area contributed by atoms with Gasteiger partial charge in [-0.15, -0.1) is 0 Å². The van der Waals surface area contributed by atoms with Gasteiger partial charge in [-0.3, -0.25) is 9.69 Å². The predicted octanol–water partition coefficient (Wildman–Crippen LogP) is 4.43. The smallest absolute Gasteiger partial charge is 0.410 e. The largest absolute Gasteiger partial charge is 0.469 e. The minimum atomic E-state index is -0.449. The Bertz CT molecular complexity index is 682. The van der Waals surface area contributed by atoms with Crippen molar-refractivity contribution in [3.63, 3.8) is 0 Å². The van der Waals surface area contributed by atoms with E-state index in [1.807, 2.05) is 34.6 Å². The summed E-state index contributed by atoms with van der Waals surface area (Å²) in [5, 5.41) is 0. The average Bonchev–Trinajstić information content (AvgIpc) is 2.68. The fourth-order valence-electron chi connectivity index (χ4n) is 3.81. The predicted molar refractivity (Wildman–Crippen MR) is 118 cm³/mol. The molecule has 0 aromatic heterocycles. The SMILES string of the molecule is CC.COC(=O)C1CCN(Cc2ccc(C3CN(C(=O)OC(C)(C)C)C3)cc2)CC1. The molecule has 0 aliphatic carbocycles. The zero-order chi connectivity index (χ0) is 22.3. The Morgan fingerprint density at radius 3 is 2.10 bits per heavy atom. The van der Waals surface area contributed by atoms with Crippen molar-refractivity contribution in [2.75, 3.05) is 33.3 Å². The Morgan fingerprint density at radius 1 is 1.03 bits per heavy atom. The molecule has 2 saturated heterocycles. The Morgan fingerprint density at radius 2 is 1.60 bits per heavy atom. The van der Waals surface area contributed by atoms with Gasteiger partial charge in [-0.05, 0) is 57.8 Å². The van der Waals surface area contributed by atoms with Crippen LogP contribution in [0.1, 0.15) is 64.5 Å². The van der Waals surface area contributed by atoms with Gasteiger partial charge in [-0.2, -0.15) is 0 Å². The van der Waals surface area contributed by atoms with Gasteiger partial charge in [0.1, 0.15) is 5.60 Å². The number of piperidine rings is 1. The van der Waals surface area contributed by atoms with E-state index in [0.717, 1.165) is 45.6 Å². The summed E-state index contributed by atoms with van der Waals surface area (Å²) >= 11 is 0. The number of benzene rings is 1. The summed E-state index contributed by atoms with van der Waals surface area (Å²) in [6.07, 6.45) is 1.51. The van der Waals surface area contributed by atoms with Gasteiger partial charge in [-0.1, -0.05) is 38.1 Å². The molecule has 2 aliphatic rings. The van der Waals surface area contributed by atoms with Crippen LogP contribution in [0.25, 0.3) is 0 Å². The average molecular weight is 419 g/mol. The first-order chi connectivity index (χ1) is 14.2. The molecular weight excluding hydrogens is 380 g/mol. The maximum absolute atomic E-state index is 12.0. The topological polar surface area (TPSA) is 59.1 Å². The molecular formula is C24H38N2O4. The molecule has 0 saturated carbocycles. The van der Waals surface area contributed by atoms with Gasteiger partial charge in [0.15, 0.2) is 0 Å². The highest BCUT2D eigenvalue weighted by atomic mass is 16.6. The zero-order valence-corrected chi connectivity index (χ0v) is 19.4. The molecule has 6 nitrogen and oxygen atoms in total. The van der Waals surface area contributed by atoms with E-state index < -0.39 is 5.60 Å². The van der Waals surface area contributed by atoms with Gasteiger partial charge in [0, 0.05) is 25.6 Å². The first-order valence-corrected chi connectivity index (χ1v) is 11.1. The van der Waals surface area contributed by atoms with Crippen molar-refractivity contribution in [2.24, 2.45) is 5.92 Å². The van der Waals surface area contributed by atoms with Crippen LogP contribution >= 0.6 is 0 Å². The van der Waals surface area contributed by atoms with E-state index >= 15 is 0 Å². The Hall–Kier alpha value is -2.08. The third-order valence-electron chi connectivity index (χ3n) is 5.51. The molecule has 1 aromatic carbocycles. The Labute approximate surface area is 181 Å². The lowest BCUT2D eigenvalue weighted by Crippen LogP contribution is -2.50. The lowest BCUT2D eigenvalue weighted by Gasteiger charge is -2.40. The highest BCUT2D eigenvalue weighted by Gasteiger charge is 2.34. The second-order valence-electron chi connectivity index (χ2n) is 8.90. The second-order valence-corrected chi connectivity index (χ2v) is 8.90. The number of nitrogens with zero attached hydrogens (tertiary/aromatic N) is 2. The highest BCUT2D eigenvalue weighted by molar-refractivity contribution is 5.72. The summed E-state index contributed by atoms with van der Waals surface area (Å²) in [5.74, 6) is 0.359. The van der Waals surface area contributed by atoms with Crippen LogP contribution in [0.3, 0.4) is 0 Å². The number of amides is 1. The van der Waals surface area contributed by atoms with Crippen molar-refractivity contribution in [2.45, 2.75) is 65.5 Å². The van der Waals surface area contributed by atoms with Crippen molar-refractivity contribution in [3.8, 4) is 0 Å². The van der Waals surface area contributed by atoms with Crippen molar-refractivity contribution in [3.05, 3.63) is 35.4 Å². The molecule has 0 spiro atoms. The molecule has 0 unspecified atom stereocenters. The minimum absolute atomic E-state index is 0.0511. The third kappa shape index (κ3) is 6.73. The van der Waals surface area contributed by atoms with Crippen LogP contribution in [0, 0.1) is 5.92 Å². The van der Waals surface area contributed by atoms with Gasteiger partial charge in [0.25, 0.3) is 0 Å². The summed E-state index contributed by atoms with van der Waals surface area (Å²) in [7, 11) is 1.46. The first kappa shape index (κ1) is 24.2. The number of likely N-dealkylation sites (tertiary alicyclic amines) is 2. The van der Waals surface area contributed by atoms with Gasteiger partial charge in [-0.25, -0.2) is 4.79 Å². The number of ether oxygens (including phenoxy) is 2. The van der Waals surface area contributed by atoms with Crippen molar-refractivity contribution in [1.29, 1.82) is 0 Å².